The third kappa shape index (κ3) is 7.21. The molecule has 7 heteroatoms. The van der Waals surface area contributed by atoms with E-state index in [-0.39, 0.29) is 30.1 Å². The van der Waals surface area contributed by atoms with Gasteiger partial charge in [0.1, 0.15) is 0 Å². The maximum absolute atomic E-state index is 5.81. The molecule has 2 atom stereocenters. The summed E-state index contributed by atoms with van der Waals surface area (Å²) in [5.41, 5.74) is 1.39. The lowest BCUT2D eigenvalue weighted by molar-refractivity contribution is -0.0161. The summed E-state index contributed by atoms with van der Waals surface area (Å²) in [7, 11) is 3.98. The zero-order chi connectivity index (χ0) is 18.2. The molecule has 0 aromatic heterocycles. The molecule has 1 aromatic carbocycles. The van der Waals surface area contributed by atoms with Gasteiger partial charge in [-0.3, -0.25) is 9.89 Å². The van der Waals surface area contributed by atoms with Gasteiger partial charge in [0.2, 0.25) is 0 Å². The molecule has 2 aliphatic heterocycles. The number of likely N-dealkylation sites (tertiary alicyclic amines) is 1. The molecule has 152 valence electrons. The van der Waals surface area contributed by atoms with Crippen LogP contribution in [-0.2, 0) is 11.3 Å². The number of benzene rings is 1. The van der Waals surface area contributed by atoms with Crippen LogP contribution in [0.3, 0.4) is 0 Å². The molecule has 2 fully saturated rings. The van der Waals surface area contributed by atoms with Crippen molar-refractivity contribution in [3.63, 3.8) is 0 Å². The monoisotopic (exact) mass is 487 g/mol. The van der Waals surface area contributed by atoms with Gasteiger partial charge in [0, 0.05) is 45.8 Å². The maximum Gasteiger partial charge on any atom is 0.191 e. The summed E-state index contributed by atoms with van der Waals surface area (Å²) >= 11 is 0. The second kappa shape index (κ2) is 11.8. The second-order valence-corrected chi connectivity index (χ2v) is 7.34. The third-order valence-electron chi connectivity index (χ3n) is 5.30. The van der Waals surface area contributed by atoms with Gasteiger partial charge in [0.25, 0.3) is 0 Å². The Bertz CT molecular complexity index is 571. The largest absolute Gasteiger partial charge is 0.374 e. The van der Waals surface area contributed by atoms with E-state index in [0.717, 1.165) is 45.3 Å². The molecular weight excluding hydrogens is 453 g/mol. The first-order chi connectivity index (χ1) is 12.7. The Morgan fingerprint density at radius 3 is 2.70 bits per heavy atom. The van der Waals surface area contributed by atoms with Crippen LogP contribution in [-0.4, -0.2) is 81.3 Å². The Hall–Kier alpha value is -0.900. The number of guanidine groups is 1. The normalized spacial score (nSPS) is 24.4. The van der Waals surface area contributed by atoms with Gasteiger partial charge in [-0.25, -0.2) is 0 Å². The molecule has 2 unspecified atom stereocenters. The Labute approximate surface area is 180 Å². The highest BCUT2D eigenvalue weighted by Crippen LogP contribution is 2.19. The van der Waals surface area contributed by atoms with E-state index in [4.69, 9.17) is 4.74 Å². The van der Waals surface area contributed by atoms with Crippen LogP contribution in [0.25, 0.3) is 0 Å². The Kier molecular flexibility index (Phi) is 9.81. The SMILES string of the molecule is CN=C(NCC1CN(C)CCO1)NCC1CCCN1Cc1ccccc1.I. The predicted octanol–water partition coefficient (Wildman–Crippen LogP) is 1.76. The van der Waals surface area contributed by atoms with Gasteiger partial charge in [-0.15, -0.1) is 24.0 Å². The number of halogens is 1. The van der Waals surface area contributed by atoms with E-state index in [1.54, 1.807) is 0 Å². The van der Waals surface area contributed by atoms with Crippen molar-refractivity contribution in [2.45, 2.75) is 31.5 Å². The molecule has 2 heterocycles. The number of ether oxygens (including phenoxy) is 1. The van der Waals surface area contributed by atoms with Gasteiger partial charge in [0.05, 0.1) is 12.7 Å². The van der Waals surface area contributed by atoms with Crippen LogP contribution in [0.15, 0.2) is 35.3 Å². The fraction of sp³-hybridized carbons (Fsp3) is 0.650. The predicted molar refractivity (Wildman–Crippen MR) is 122 cm³/mol. The minimum atomic E-state index is 0. The Morgan fingerprint density at radius 2 is 1.96 bits per heavy atom. The van der Waals surface area contributed by atoms with Crippen LogP contribution < -0.4 is 10.6 Å². The summed E-state index contributed by atoms with van der Waals surface area (Å²) in [4.78, 5) is 9.26. The second-order valence-electron chi connectivity index (χ2n) is 7.34. The van der Waals surface area contributed by atoms with Crippen LogP contribution in [0.1, 0.15) is 18.4 Å². The Balaban J connectivity index is 0.00000261. The van der Waals surface area contributed by atoms with Crippen molar-refractivity contribution in [3.8, 4) is 0 Å². The van der Waals surface area contributed by atoms with Gasteiger partial charge in [-0.1, -0.05) is 30.3 Å². The number of rotatable bonds is 6. The standard InChI is InChI=1S/C20H33N5O.HI/c1-21-20(23-14-19-16-24(2)11-12-26-19)22-13-18-9-6-10-25(18)15-17-7-4-3-5-8-17;/h3-5,7-8,18-19H,6,9-16H2,1-2H3,(H2,21,22,23);1H. The lowest BCUT2D eigenvalue weighted by Gasteiger charge is -2.30. The molecule has 1 aromatic rings. The smallest absolute Gasteiger partial charge is 0.191 e. The number of hydrogen-bond acceptors (Lipinski definition) is 4. The van der Waals surface area contributed by atoms with E-state index in [1.807, 2.05) is 7.05 Å². The van der Waals surface area contributed by atoms with Crippen molar-refractivity contribution in [1.29, 1.82) is 0 Å². The summed E-state index contributed by atoms with van der Waals surface area (Å²) in [5.74, 6) is 0.869. The van der Waals surface area contributed by atoms with Crippen LogP contribution >= 0.6 is 24.0 Å². The van der Waals surface area contributed by atoms with E-state index in [2.05, 4.69) is 62.8 Å². The summed E-state index contributed by atoms with van der Waals surface area (Å²) in [6.45, 7) is 6.72. The molecule has 2 aliphatic rings. The van der Waals surface area contributed by atoms with Crippen LogP contribution in [0, 0.1) is 0 Å². The highest BCUT2D eigenvalue weighted by Gasteiger charge is 2.24. The lowest BCUT2D eigenvalue weighted by atomic mass is 10.2. The average Bonchev–Trinajstić information content (AvgIpc) is 3.10. The van der Waals surface area contributed by atoms with Gasteiger partial charge in [-0.05, 0) is 32.0 Å². The molecule has 6 nitrogen and oxygen atoms in total. The number of hydrogen-bond donors (Lipinski definition) is 2. The molecule has 0 bridgehead atoms. The fourth-order valence-corrected chi connectivity index (χ4v) is 3.79. The van der Waals surface area contributed by atoms with Crippen LogP contribution in [0.5, 0.6) is 0 Å². The van der Waals surface area contributed by atoms with E-state index in [9.17, 15) is 0 Å². The molecule has 0 aliphatic carbocycles. The van der Waals surface area contributed by atoms with Gasteiger partial charge >= 0.3 is 0 Å². The lowest BCUT2D eigenvalue weighted by Crippen LogP contribution is -2.50. The summed E-state index contributed by atoms with van der Waals surface area (Å²) in [5, 5.41) is 6.92. The zero-order valence-corrected chi connectivity index (χ0v) is 18.9. The molecule has 0 saturated carbocycles. The molecule has 3 rings (SSSR count). The number of nitrogens with zero attached hydrogens (tertiary/aromatic N) is 3. The minimum Gasteiger partial charge on any atom is -0.374 e. The molecular formula is C20H34IN5O. The van der Waals surface area contributed by atoms with Crippen molar-refractivity contribution >= 4 is 29.9 Å². The molecule has 0 spiro atoms. The summed E-state index contributed by atoms with van der Waals surface area (Å²) in [6, 6.07) is 11.3. The van der Waals surface area contributed by atoms with Crippen molar-refractivity contribution in [3.05, 3.63) is 35.9 Å². The highest BCUT2D eigenvalue weighted by molar-refractivity contribution is 14.0. The fourth-order valence-electron chi connectivity index (χ4n) is 3.79. The number of nitrogens with one attached hydrogen (secondary N) is 2. The molecule has 2 N–H and O–H groups in total. The topological polar surface area (TPSA) is 52.1 Å². The first kappa shape index (κ1) is 22.4. The number of morpholine rings is 1. The zero-order valence-electron chi connectivity index (χ0n) is 16.6. The molecule has 0 amide bonds. The average molecular weight is 487 g/mol. The Morgan fingerprint density at radius 1 is 1.19 bits per heavy atom. The van der Waals surface area contributed by atoms with Crippen LogP contribution in [0.4, 0.5) is 0 Å². The summed E-state index contributed by atoms with van der Waals surface area (Å²) in [6.07, 6.45) is 2.74. The van der Waals surface area contributed by atoms with Crippen molar-refractivity contribution in [2.75, 3.05) is 53.4 Å². The maximum atomic E-state index is 5.81. The van der Waals surface area contributed by atoms with Gasteiger partial charge in [0.15, 0.2) is 5.96 Å². The van der Waals surface area contributed by atoms with Gasteiger partial charge < -0.3 is 20.3 Å². The molecule has 2 saturated heterocycles. The number of likely N-dealkylation sites (N-methyl/N-ethyl adjacent to an activating group) is 1. The molecule has 0 radical (unpaired) electrons. The number of aliphatic imine (C=N–C) groups is 1. The van der Waals surface area contributed by atoms with Crippen molar-refractivity contribution in [1.82, 2.24) is 20.4 Å². The van der Waals surface area contributed by atoms with E-state index >= 15 is 0 Å². The van der Waals surface area contributed by atoms with Crippen molar-refractivity contribution in [2.24, 2.45) is 4.99 Å². The minimum absolute atomic E-state index is 0. The van der Waals surface area contributed by atoms with E-state index in [0.29, 0.717) is 6.04 Å². The third-order valence-corrected chi connectivity index (χ3v) is 5.30. The quantitative estimate of drug-likeness (QED) is 0.364. The van der Waals surface area contributed by atoms with E-state index < -0.39 is 0 Å². The molecule has 27 heavy (non-hydrogen) atoms. The first-order valence-corrected chi connectivity index (χ1v) is 9.77. The van der Waals surface area contributed by atoms with Crippen LogP contribution in [0.2, 0.25) is 0 Å². The highest BCUT2D eigenvalue weighted by atomic mass is 127. The summed E-state index contributed by atoms with van der Waals surface area (Å²) < 4.78 is 5.81. The first-order valence-electron chi connectivity index (χ1n) is 9.77. The van der Waals surface area contributed by atoms with E-state index in [1.165, 1.54) is 24.9 Å². The van der Waals surface area contributed by atoms with Gasteiger partial charge in [-0.2, -0.15) is 0 Å². The van der Waals surface area contributed by atoms with Crippen molar-refractivity contribution < 1.29 is 4.74 Å².